The van der Waals surface area contributed by atoms with Gasteiger partial charge in [0.15, 0.2) is 0 Å². The number of methoxy groups -OCH3 is 1. The van der Waals surface area contributed by atoms with Gasteiger partial charge in [-0.1, -0.05) is 33.1 Å². The number of carbonyl (C=O) groups is 1. The number of rotatable bonds is 10. The molecule has 7 atom stereocenters. The Kier molecular flexibility index (Phi) is 9.31. The molecule has 1 N–H and O–H groups in total. The number of hydrogen-bond donors (Lipinski definition) is 1. The molecule has 0 aromatic rings. The van der Waals surface area contributed by atoms with Gasteiger partial charge in [-0.15, -0.1) is 0 Å². The third-order valence-corrected chi connectivity index (χ3v) is 8.53. The molecular weight excluding hydrogens is 416 g/mol. The van der Waals surface area contributed by atoms with E-state index in [-0.39, 0.29) is 37.3 Å². The number of hydrogen-bond acceptors (Lipinski definition) is 7. The van der Waals surface area contributed by atoms with Crippen molar-refractivity contribution in [2.24, 2.45) is 17.8 Å². The third kappa shape index (κ3) is 6.85. The lowest BCUT2D eigenvalue weighted by Gasteiger charge is -2.38. The monoisotopic (exact) mass is 458 g/mol. The number of aliphatic hydroxyl groups is 1. The van der Waals surface area contributed by atoms with Gasteiger partial charge in [-0.05, 0) is 36.8 Å². The second kappa shape index (κ2) is 10.9. The maximum Gasteiger partial charge on any atom is 0.303 e. The van der Waals surface area contributed by atoms with Crippen LogP contribution in [0, 0.1) is 17.8 Å². The fourth-order valence-electron chi connectivity index (χ4n) is 4.91. The van der Waals surface area contributed by atoms with Crippen LogP contribution in [0.5, 0.6) is 0 Å². The first-order chi connectivity index (χ1) is 14.4. The molecule has 2 fully saturated rings. The summed E-state index contributed by atoms with van der Waals surface area (Å²) in [5, 5.41) is 10.6. The Morgan fingerprint density at radius 3 is 2.55 bits per heavy atom. The van der Waals surface area contributed by atoms with Crippen molar-refractivity contribution >= 4 is 14.0 Å². The molecule has 2 aliphatic rings. The molecule has 0 saturated heterocycles. The molecule has 2 saturated carbocycles. The molecule has 180 valence electrons. The van der Waals surface area contributed by atoms with Gasteiger partial charge in [0.25, 0.3) is 0 Å². The molecule has 2 rings (SSSR count). The van der Waals surface area contributed by atoms with Crippen LogP contribution in [0.25, 0.3) is 0 Å². The molecule has 0 amide bonds. The molecule has 0 heterocycles. The van der Waals surface area contributed by atoms with E-state index in [4.69, 9.17) is 23.7 Å². The molecule has 0 aromatic carbocycles. The van der Waals surface area contributed by atoms with E-state index in [1.807, 2.05) is 13.8 Å². The van der Waals surface area contributed by atoms with E-state index in [0.717, 1.165) is 6.04 Å². The standard InChI is InChI=1S/C23H42O7Si/c1-15-19(25)11-18-21(15)22(30-17(3)24)16(2)20(12-23(18,4)29-13-26-5)28-14-27-9-10-31(6,7)8/h15,18-22,25H,2,9-14H2,1,3-8H3/t15-,18-,19-,20-,21+,22+,23-/m0/s1. The first kappa shape index (κ1) is 26.5. The Bertz CT molecular complexity index is 620. The fourth-order valence-corrected chi connectivity index (χ4v) is 5.66. The molecule has 8 heteroatoms. The van der Waals surface area contributed by atoms with Crippen molar-refractivity contribution in [3.63, 3.8) is 0 Å². The maximum atomic E-state index is 11.9. The zero-order chi connectivity index (χ0) is 23.4. The summed E-state index contributed by atoms with van der Waals surface area (Å²) in [5.74, 6) is -0.585. The van der Waals surface area contributed by atoms with Crippen LogP contribution in [0.3, 0.4) is 0 Å². The Morgan fingerprint density at radius 1 is 1.29 bits per heavy atom. The van der Waals surface area contributed by atoms with Crippen LogP contribution in [-0.4, -0.2) is 70.4 Å². The smallest absolute Gasteiger partial charge is 0.303 e. The Balaban J connectivity index is 2.24. The van der Waals surface area contributed by atoms with E-state index in [1.165, 1.54) is 6.92 Å². The van der Waals surface area contributed by atoms with E-state index < -0.39 is 32.0 Å². The highest BCUT2D eigenvalue weighted by molar-refractivity contribution is 6.76. The van der Waals surface area contributed by atoms with Gasteiger partial charge in [0.1, 0.15) is 19.7 Å². The molecule has 0 radical (unpaired) electrons. The van der Waals surface area contributed by atoms with Crippen LogP contribution in [0.4, 0.5) is 0 Å². The maximum absolute atomic E-state index is 11.9. The number of ether oxygens (including phenoxy) is 5. The van der Waals surface area contributed by atoms with E-state index in [2.05, 4.69) is 26.2 Å². The summed E-state index contributed by atoms with van der Waals surface area (Å²) in [6.45, 7) is 17.6. The Morgan fingerprint density at radius 2 is 1.97 bits per heavy atom. The number of fused-ring (bicyclic) bond motifs is 1. The van der Waals surface area contributed by atoms with Gasteiger partial charge < -0.3 is 28.8 Å². The summed E-state index contributed by atoms with van der Waals surface area (Å²) in [4.78, 5) is 11.9. The molecule has 0 aromatic heterocycles. The predicted octanol–water partition coefficient (Wildman–Crippen LogP) is 3.59. The number of carbonyl (C=O) groups excluding carboxylic acids is 1. The summed E-state index contributed by atoms with van der Waals surface area (Å²) in [6.07, 6.45) is -0.349. The highest BCUT2D eigenvalue weighted by Crippen LogP contribution is 2.52. The summed E-state index contributed by atoms with van der Waals surface area (Å²) in [6, 6.07) is 1.06. The molecule has 0 bridgehead atoms. The lowest BCUT2D eigenvalue weighted by molar-refractivity contribution is -0.175. The highest BCUT2D eigenvalue weighted by Gasteiger charge is 2.57. The molecular formula is C23H42O7Si. The third-order valence-electron chi connectivity index (χ3n) is 6.83. The van der Waals surface area contributed by atoms with E-state index in [1.54, 1.807) is 7.11 Å². The van der Waals surface area contributed by atoms with Crippen LogP contribution in [0.15, 0.2) is 12.2 Å². The molecule has 0 spiro atoms. The summed E-state index contributed by atoms with van der Waals surface area (Å²) >= 11 is 0. The van der Waals surface area contributed by atoms with Crippen LogP contribution in [-0.2, 0) is 28.5 Å². The highest BCUT2D eigenvalue weighted by atomic mass is 28.3. The van der Waals surface area contributed by atoms with Gasteiger partial charge in [0.05, 0.1) is 17.8 Å². The lowest BCUT2D eigenvalue weighted by Crippen LogP contribution is -2.43. The molecule has 0 unspecified atom stereocenters. The Hall–Kier alpha value is -0.773. The van der Waals surface area contributed by atoms with Crippen LogP contribution in [0.1, 0.15) is 33.6 Å². The van der Waals surface area contributed by atoms with Crippen LogP contribution < -0.4 is 0 Å². The second-order valence-corrected chi connectivity index (χ2v) is 16.1. The van der Waals surface area contributed by atoms with Crippen molar-refractivity contribution in [3.05, 3.63) is 12.2 Å². The quantitative estimate of drug-likeness (QED) is 0.176. The van der Waals surface area contributed by atoms with E-state index in [9.17, 15) is 9.90 Å². The minimum atomic E-state index is -1.18. The summed E-state index contributed by atoms with van der Waals surface area (Å²) in [7, 11) is 0.409. The zero-order valence-corrected chi connectivity index (χ0v) is 21.3. The SMILES string of the molecule is C=C1[C@@H](OCOCC[Si](C)(C)C)C[C@](C)(OCOC)[C@H]2C[C@H](O)[C@H](C)[C@H]2[C@@H]1OC(C)=O. The molecule has 0 aliphatic heterocycles. The van der Waals surface area contributed by atoms with Crippen molar-refractivity contribution in [2.75, 3.05) is 27.3 Å². The van der Waals surface area contributed by atoms with Crippen molar-refractivity contribution in [2.45, 2.75) is 83.2 Å². The number of aliphatic hydroxyl groups excluding tert-OH is 1. The topological polar surface area (TPSA) is 83.5 Å². The van der Waals surface area contributed by atoms with Crippen molar-refractivity contribution in [1.82, 2.24) is 0 Å². The zero-order valence-electron chi connectivity index (χ0n) is 20.3. The van der Waals surface area contributed by atoms with E-state index >= 15 is 0 Å². The average molecular weight is 459 g/mol. The predicted molar refractivity (Wildman–Crippen MR) is 121 cm³/mol. The minimum absolute atomic E-state index is 0.0323. The summed E-state index contributed by atoms with van der Waals surface area (Å²) < 4.78 is 29.0. The van der Waals surface area contributed by atoms with Crippen molar-refractivity contribution < 1.29 is 33.6 Å². The van der Waals surface area contributed by atoms with E-state index in [0.29, 0.717) is 25.0 Å². The van der Waals surface area contributed by atoms with Gasteiger partial charge >= 0.3 is 5.97 Å². The molecule has 31 heavy (non-hydrogen) atoms. The lowest BCUT2D eigenvalue weighted by atomic mass is 9.76. The second-order valence-electron chi connectivity index (χ2n) is 10.5. The van der Waals surface area contributed by atoms with Crippen molar-refractivity contribution in [3.8, 4) is 0 Å². The first-order valence-electron chi connectivity index (χ1n) is 11.3. The fraction of sp³-hybridized carbons (Fsp3) is 0.870. The van der Waals surface area contributed by atoms with Crippen LogP contribution >= 0.6 is 0 Å². The largest absolute Gasteiger partial charge is 0.458 e. The van der Waals surface area contributed by atoms with Gasteiger partial charge in [0.2, 0.25) is 0 Å². The normalized spacial score (nSPS) is 36.2. The van der Waals surface area contributed by atoms with Crippen molar-refractivity contribution in [1.29, 1.82) is 0 Å². The Labute approximate surface area is 188 Å². The van der Waals surface area contributed by atoms with Gasteiger partial charge in [-0.2, -0.15) is 0 Å². The first-order valence-corrected chi connectivity index (χ1v) is 15.0. The van der Waals surface area contributed by atoms with Gasteiger partial charge in [-0.3, -0.25) is 4.79 Å². The minimum Gasteiger partial charge on any atom is -0.458 e. The molecule has 2 aliphatic carbocycles. The summed E-state index contributed by atoms with van der Waals surface area (Å²) in [5.41, 5.74) is 0.0671. The van der Waals surface area contributed by atoms with Gasteiger partial charge in [0, 0.05) is 41.1 Å². The molecule has 7 nitrogen and oxygen atoms in total. The number of esters is 1. The average Bonchev–Trinajstić information content (AvgIpc) is 2.93. The van der Waals surface area contributed by atoms with Crippen LogP contribution in [0.2, 0.25) is 25.7 Å². The van der Waals surface area contributed by atoms with Gasteiger partial charge in [-0.25, -0.2) is 0 Å².